The molecule has 2 amide bonds. The van der Waals surface area contributed by atoms with Crippen molar-refractivity contribution in [3.63, 3.8) is 0 Å². The summed E-state index contributed by atoms with van der Waals surface area (Å²) in [5.74, 6) is -1.01. The normalized spacial score (nSPS) is 21.2. The quantitative estimate of drug-likeness (QED) is 0.491. The Morgan fingerprint density at radius 2 is 2.15 bits per heavy atom. The molecule has 1 atom stereocenters. The summed E-state index contributed by atoms with van der Waals surface area (Å²) >= 11 is 0. The molecule has 1 aliphatic rings. The van der Waals surface area contributed by atoms with Crippen molar-refractivity contribution in [1.82, 2.24) is 15.5 Å². The highest BCUT2D eigenvalue weighted by Gasteiger charge is 2.21. The minimum Gasteiger partial charge on any atom is -0.344 e. The van der Waals surface area contributed by atoms with E-state index < -0.39 is 11.8 Å². The highest BCUT2D eigenvalue weighted by Crippen LogP contribution is 1.96. The van der Waals surface area contributed by atoms with Gasteiger partial charge in [-0.3, -0.25) is 9.59 Å². The second-order valence-electron chi connectivity index (χ2n) is 3.36. The Labute approximate surface area is 77.5 Å². The number of carbonyl (C=O) groups is 2. The van der Waals surface area contributed by atoms with Crippen molar-refractivity contribution in [3.8, 4) is 0 Å². The number of carbonyl (C=O) groups excluding carboxylic acids is 2. The second kappa shape index (κ2) is 4.23. The zero-order chi connectivity index (χ0) is 9.84. The lowest BCUT2D eigenvalue weighted by molar-refractivity contribution is -0.144. The molecule has 0 aromatic heterocycles. The number of likely N-dealkylation sites (N-methyl/N-ethyl adjacent to an activating group) is 1. The summed E-state index contributed by atoms with van der Waals surface area (Å²) in [6, 6.07) is 0.108. The summed E-state index contributed by atoms with van der Waals surface area (Å²) in [5, 5.41) is 5.77. The molecule has 13 heavy (non-hydrogen) atoms. The van der Waals surface area contributed by atoms with Gasteiger partial charge in [0.2, 0.25) is 0 Å². The van der Waals surface area contributed by atoms with Gasteiger partial charge < -0.3 is 15.5 Å². The van der Waals surface area contributed by atoms with Crippen LogP contribution >= 0.6 is 0 Å². The molecule has 1 saturated heterocycles. The first-order chi connectivity index (χ1) is 6.11. The van der Waals surface area contributed by atoms with E-state index in [1.165, 1.54) is 4.90 Å². The fraction of sp³-hybridized carbons (Fsp3) is 0.750. The molecule has 0 aliphatic carbocycles. The molecular weight excluding hydrogens is 170 g/mol. The van der Waals surface area contributed by atoms with E-state index in [1.54, 1.807) is 14.1 Å². The molecule has 0 aromatic rings. The lowest BCUT2D eigenvalue weighted by atomic mass is 10.2. The molecule has 0 saturated carbocycles. The van der Waals surface area contributed by atoms with Crippen molar-refractivity contribution >= 4 is 11.8 Å². The fourth-order valence-corrected chi connectivity index (χ4v) is 1.23. The van der Waals surface area contributed by atoms with Gasteiger partial charge in [-0.25, -0.2) is 0 Å². The summed E-state index contributed by atoms with van der Waals surface area (Å²) in [6.45, 7) is 1.66. The minimum atomic E-state index is -0.515. The van der Waals surface area contributed by atoms with Gasteiger partial charge in [0.15, 0.2) is 0 Å². The molecule has 1 fully saturated rings. The third kappa shape index (κ3) is 2.69. The van der Waals surface area contributed by atoms with E-state index in [0.29, 0.717) is 0 Å². The molecule has 0 aromatic carbocycles. The first kappa shape index (κ1) is 9.98. The zero-order valence-electron chi connectivity index (χ0n) is 7.96. The Balaban J connectivity index is 2.35. The molecular formula is C8H15N3O2. The Bertz CT molecular complexity index is 209. The fourth-order valence-electron chi connectivity index (χ4n) is 1.23. The molecule has 0 bridgehead atoms. The van der Waals surface area contributed by atoms with Gasteiger partial charge in [-0.15, -0.1) is 0 Å². The first-order valence-electron chi connectivity index (χ1n) is 4.34. The smallest absolute Gasteiger partial charge is 0.311 e. The maximum atomic E-state index is 11.2. The monoisotopic (exact) mass is 185 g/mol. The molecule has 2 N–H and O–H groups in total. The van der Waals surface area contributed by atoms with Crippen LogP contribution in [0.2, 0.25) is 0 Å². The van der Waals surface area contributed by atoms with Gasteiger partial charge in [0.05, 0.1) is 0 Å². The van der Waals surface area contributed by atoms with Crippen molar-refractivity contribution in [3.05, 3.63) is 0 Å². The first-order valence-corrected chi connectivity index (χ1v) is 4.34. The Morgan fingerprint density at radius 1 is 1.46 bits per heavy atom. The van der Waals surface area contributed by atoms with E-state index in [2.05, 4.69) is 10.6 Å². The number of nitrogens with zero attached hydrogens (tertiary/aromatic N) is 1. The van der Waals surface area contributed by atoms with Gasteiger partial charge in [-0.2, -0.15) is 0 Å². The van der Waals surface area contributed by atoms with E-state index in [9.17, 15) is 9.59 Å². The summed E-state index contributed by atoms with van der Waals surface area (Å²) in [5.41, 5.74) is 0. The van der Waals surface area contributed by atoms with Gasteiger partial charge in [0.25, 0.3) is 0 Å². The SMILES string of the molecule is CN(C)C(=O)C(=O)NC1CCNC1. The maximum Gasteiger partial charge on any atom is 0.311 e. The largest absolute Gasteiger partial charge is 0.344 e. The van der Waals surface area contributed by atoms with Crippen molar-refractivity contribution in [2.75, 3.05) is 27.2 Å². The lowest BCUT2D eigenvalue weighted by Crippen LogP contribution is -2.44. The molecule has 5 nitrogen and oxygen atoms in total. The second-order valence-corrected chi connectivity index (χ2v) is 3.36. The number of hydrogen-bond acceptors (Lipinski definition) is 3. The molecule has 1 aliphatic heterocycles. The molecule has 1 heterocycles. The summed E-state index contributed by atoms with van der Waals surface area (Å²) in [7, 11) is 3.13. The highest BCUT2D eigenvalue weighted by molar-refractivity contribution is 6.34. The Hall–Kier alpha value is -1.10. The average Bonchev–Trinajstić information content (AvgIpc) is 2.55. The minimum absolute atomic E-state index is 0.108. The van der Waals surface area contributed by atoms with E-state index in [0.717, 1.165) is 19.5 Å². The number of nitrogens with one attached hydrogen (secondary N) is 2. The van der Waals surface area contributed by atoms with Gasteiger partial charge in [-0.1, -0.05) is 0 Å². The van der Waals surface area contributed by atoms with Gasteiger partial charge >= 0.3 is 11.8 Å². The van der Waals surface area contributed by atoms with Crippen LogP contribution in [-0.2, 0) is 9.59 Å². The van der Waals surface area contributed by atoms with E-state index >= 15 is 0 Å². The molecule has 5 heteroatoms. The van der Waals surface area contributed by atoms with Gasteiger partial charge in [0.1, 0.15) is 0 Å². The van der Waals surface area contributed by atoms with E-state index in [4.69, 9.17) is 0 Å². The van der Waals surface area contributed by atoms with Crippen LogP contribution in [0.1, 0.15) is 6.42 Å². The topological polar surface area (TPSA) is 61.4 Å². The van der Waals surface area contributed by atoms with Crippen molar-refractivity contribution in [1.29, 1.82) is 0 Å². The van der Waals surface area contributed by atoms with Crippen LogP contribution < -0.4 is 10.6 Å². The van der Waals surface area contributed by atoms with Crippen LogP contribution in [0.3, 0.4) is 0 Å². The Kier molecular flexibility index (Phi) is 3.25. The van der Waals surface area contributed by atoms with E-state index in [1.807, 2.05) is 0 Å². The molecule has 1 rings (SSSR count). The number of amides is 2. The predicted octanol–water partition coefficient (Wildman–Crippen LogP) is -1.45. The van der Waals surface area contributed by atoms with E-state index in [-0.39, 0.29) is 6.04 Å². The third-order valence-corrected chi connectivity index (χ3v) is 2.00. The van der Waals surface area contributed by atoms with Crippen LogP contribution in [0.25, 0.3) is 0 Å². The standard InChI is InChI=1S/C8H15N3O2/c1-11(2)8(13)7(12)10-6-3-4-9-5-6/h6,9H,3-5H2,1-2H3,(H,10,12). The van der Waals surface area contributed by atoms with Crippen LogP contribution in [0.4, 0.5) is 0 Å². The van der Waals surface area contributed by atoms with Gasteiger partial charge in [0, 0.05) is 26.7 Å². The molecule has 74 valence electrons. The van der Waals surface area contributed by atoms with Crippen LogP contribution in [0, 0.1) is 0 Å². The Morgan fingerprint density at radius 3 is 2.62 bits per heavy atom. The predicted molar refractivity (Wildman–Crippen MR) is 48.1 cm³/mol. The van der Waals surface area contributed by atoms with Crippen LogP contribution in [-0.4, -0.2) is 49.9 Å². The zero-order valence-corrected chi connectivity index (χ0v) is 7.96. The van der Waals surface area contributed by atoms with Gasteiger partial charge in [-0.05, 0) is 13.0 Å². The lowest BCUT2D eigenvalue weighted by Gasteiger charge is -2.13. The van der Waals surface area contributed by atoms with Crippen LogP contribution in [0.5, 0.6) is 0 Å². The number of rotatable bonds is 1. The summed E-state index contributed by atoms with van der Waals surface area (Å²) in [4.78, 5) is 23.6. The molecule has 0 spiro atoms. The van der Waals surface area contributed by atoms with Crippen molar-refractivity contribution < 1.29 is 9.59 Å². The third-order valence-electron chi connectivity index (χ3n) is 2.00. The average molecular weight is 185 g/mol. The maximum absolute atomic E-state index is 11.2. The molecule has 0 radical (unpaired) electrons. The van der Waals surface area contributed by atoms with Crippen molar-refractivity contribution in [2.45, 2.75) is 12.5 Å². The number of hydrogen-bond donors (Lipinski definition) is 2. The highest BCUT2D eigenvalue weighted by atomic mass is 16.2. The van der Waals surface area contributed by atoms with Crippen molar-refractivity contribution in [2.24, 2.45) is 0 Å². The summed E-state index contributed by atoms with van der Waals surface area (Å²) in [6.07, 6.45) is 0.895. The summed E-state index contributed by atoms with van der Waals surface area (Å²) < 4.78 is 0. The van der Waals surface area contributed by atoms with Crippen LogP contribution in [0.15, 0.2) is 0 Å². The molecule has 1 unspecified atom stereocenters.